The smallest absolute Gasteiger partial charge is 0.422 e. The standard InChI is InChI=1S/C22H28F3N5O.HI/c1-16(17-7-5-9-19(13-17)30-11-3-4-12-30)29-21(26-2)28-14-18-8-6-10-27-20(18)31-15-22(23,24)25;/h5-10,13,16H,3-4,11-12,14-15H2,1-2H3,(H2,26,28,29);1H. The molecule has 1 atom stereocenters. The maximum absolute atomic E-state index is 12.5. The van der Waals surface area contributed by atoms with E-state index in [0.717, 1.165) is 18.7 Å². The molecule has 2 aromatic rings. The highest BCUT2D eigenvalue weighted by molar-refractivity contribution is 14.0. The lowest BCUT2D eigenvalue weighted by molar-refractivity contribution is -0.154. The third kappa shape index (κ3) is 7.72. The molecule has 0 saturated carbocycles. The van der Waals surface area contributed by atoms with E-state index in [1.807, 2.05) is 6.92 Å². The Morgan fingerprint density at radius 3 is 2.66 bits per heavy atom. The van der Waals surface area contributed by atoms with Crippen LogP contribution in [0.3, 0.4) is 0 Å². The van der Waals surface area contributed by atoms with Crippen LogP contribution in [0.25, 0.3) is 0 Å². The van der Waals surface area contributed by atoms with Crippen LogP contribution in [0, 0.1) is 0 Å². The van der Waals surface area contributed by atoms with Gasteiger partial charge in [-0.2, -0.15) is 13.2 Å². The quantitative estimate of drug-likeness (QED) is 0.292. The number of hydrogen-bond acceptors (Lipinski definition) is 4. The van der Waals surface area contributed by atoms with Gasteiger partial charge in [-0.3, -0.25) is 4.99 Å². The summed E-state index contributed by atoms with van der Waals surface area (Å²) < 4.78 is 42.3. The summed E-state index contributed by atoms with van der Waals surface area (Å²) in [5, 5.41) is 6.45. The molecule has 1 aromatic heterocycles. The van der Waals surface area contributed by atoms with Gasteiger partial charge >= 0.3 is 6.18 Å². The fourth-order valence-electron chi connectivity index (χ4n) is 3.47. The third-order valence-corrected chi connectivity index (χ3v) is 5.09. The number of anilines is 1. The minimum atomic E-state index is -4.42. The van der Waals surface area contributed by atoms with E-state index < -0.39 is 12.8 Å². The molecule has 3 rings (SSSR count). The highest BCUT2D eigenvalue weighted by Crippen LogP contribution is 2.24. The molecule has 0 aliphatic carbocycles. The number of alkyl halides is 3. The van der Waals surface area contributed by atoms with Crippen LogP contribution in [0.15, 0.2) is 47.6 Å². The van der Waals surface area contributed by atoms with Crippen molar-refractivity contribution in [3.05, 3.63) is 53.7 Å². The average molecular weight is 563 g/mol. The van der Waals surface area contributed by atoms with Crippen molar-refractivity contribution in [2.45, 2.75) is 38.5 Å². The summed E-state index contributed by atoms with van der Waals surface area (Å²) in [4.78, 5) is 10.5. The molecule has 0 amide bonds. The Morgan fingerprint density at radius 1 is 1.22 bits per heavy atom. The van der Waals surface area contributed by atoms with E-state index in [0.29, 0.717) is 11.5 Å². The summed E-state index contributed by atoms with van der Waals surface area (Å²) in [6, 6.07) is 11.7. The molecule has 6 nitrogen and oxygen atoms in total. The predicted octanol–water partition coefficient (Wildman–Crippen LogP) is 4.67. The Bertz CT molecular complexity index is 888. The largest absolute Gasteiger partial charge is 0.468 e. The van der Waals surface area contributed by atoms with E-state index in [9.17, 15) is 13.2 Å². The van der Waals surface area contributed by atoms with Crippen molar-refractivity contribution in [1.29, 1.82) is 0 Å². The molecule has 2 N–H and O–H groups in total. The average Bonchev–Trinajstić information content (AvgIpc) is 3.30. The molecular formula is C22H29F3IN5O. The van der Waals surface area contributed by atoms with Gasteiger partial charge in [0.05, 0.1) is 6.04 Å². The van der Waals surface area contributed by atoms with Gasteiger partial charge in [0, 0.05) is 44.1 Å². The third-order valence-electron chi connectivity index (χ3n) is 5.09. The Kier molecular flexibility index (Phi) is 9.85. The van der Waals surface area contributed by atoms with E-state index in [-0.39, 0.29) is 42.4 Å². The molecule has 32 heavy (non-hydrogen) atoms. The summed E-state index contributed by atoms with van der Waals surface area (Å²) in [7, 11) is 1.65. The molecule has 0 radical (unpaired) electrons. The number of guanidine groups is 1. The Hall–Kier alpha value is -2.24. The summed E-state index contributed by atoms with van der Waals surface area (Å²) in [5.74, 6) is 0.485. The molecule has 0 bridgehead atoms. The van der Waals surface area contributed by atoms with Gasteiger partial charge in [0.2, 0.25) is 5.88 Å². The number of hydrogen-bond donors (Lipinski definition) is 2. The van der Waals surface area contributed by atoms with Crippen LogP contribution in [-0.4, -0.2) is 43.9 Å². The lowest BCUT2D eigenvalue weighted by atomic mass is 10.1. The Morgan fingerprint density at radius 2 is 1.97 bits per heavy atom. The van der Waals surface area contributed by atoms with Crippen molar-refractivity contribution in [2.24, 2.45) is 4.99 Å². The van der Waals surface area contributed by atoms with E-state index in [1.165, 1.54) is 24.7 Å². The second-order valence-corrected chi connectivity index (χ2v) is 7.45. The summed E-state index contributed by atoms with van der Waals surface area (Å²) in [5.41, 5.74) is 2.86. The molecular weight excluding hydrogens is 534 g/mol. The second kappa shape index (κ2) is 12.1. The highest BCUT2D eigenvalue weighted by atomic mass is 127. The van der Waals surface area contributed by atoms with Crippen molar-refractivity contribution in [2.75, 3.05) is 31.6 Å². The number of ether oxygens (including phenoxy) is 1. The SMILES string of the molecule is CN=C(NCc1cccnc1OCC(F)(F)F)NC(C)c1cccc(N2CCCC2)c1.I. The van der Waals surface area contributed by atoms with E-state index >= 15 is 0 Å². The summed E-state index contributed by atoms with van der Waals surface area (Å²) in [6.45, 7) is 3.05. The van der Waals surface area contributed by atoms with E-state index in [1.54, 1.807) is 19.2 Å². The fraction of sp³-hybridized carbons (Fsp3) is 0.455. The number of nitrogens with zero attached hydrogens (tertiary/aromatic N) is 3. The van der Waals surface area contributed by atoms with Gasteiger partial charge in [-0.15, -0.1) is 24.0 Å². The first-order valence-electron chi connectivity index (χ1n) is 10.3. The van der Waals surface area contributed by atoms with Gasteiger partial charge < -0.3 is 20.3 Å². The number of rotatable bonds is 7. The van der Waals surface area contributed by atoms with Gasteiger partial charge in [-0.25, -0.2) is 4.98 Å². The Labute approximate surface area is 203 Å². The number of halogens is 4. The highest BCUT2D eigenvalue weighted by Gasteiger charge is 2.29. The molecule has 10 heteroatoms. The van der Waals surface area contributed by atoms with Gasteiger partial charge in [0.25, 0.3) is 0 Å². The first kappa shape index (κ1) is 26.0. The molecule has 1 aliphatic heterocycles. The van der Waals surface area contributed by atoms with Crippen LogP contribution < -0.4 is 20.3 Å². The molecule has 1 aliphatic rings. The lowest BCUT2D eigenvalue weighted by Gasteiger charge is -2.22. The van der Waals surface area contributed by atoms with Crippen LogP contribution in [-0.2, 0) is 6.54 Å². The van der Waals surface area contributed by atoms with Crippen LogP contribution in [0.2, 0.25) is 0 Å². The second-order valence-electron chi connectivity index (χ2n) is 7.45. The van der Waals surface area contributed by atoms with Crippen LogP contribution >= 0.6 is 24.0 Å². The first-order valence-corrected chi connectivity index (χ1v) is 10.3. The maximum Gasteiger partial charge on any atom is 0.422 e. The first-order chi connectivity index (χ1) is 14.9. The van der Waals surface area contributed by atoms with Gasteiger partial charge in [-0.1, -0.05) is 18.2 Å². The maximum atomic E-state index is 12.5. The summed E-state index contributed by atoms with van der Waals surface area (Å²) >= 11 is 0. The van der Waals surface area contributed by atoms with Gasteiger partial charge in [0.15, 0.2) is 12.6 Å². The number of aliphatic imine (C=N–C) groups is 1. The monoisotopic (exact) mass is 563 g/mol. The molecule has 176 valence electrons. The minimum absolute atomic E-state index is 0. The van der Waals surface area contributed by atoms with Gasteiger partial charge in [0.1, 0.15) is 0 Å². The fourth-order valence-corrected chi connectivity index (χ4v) is 3.47. The van der Waals surface area contributed by atoms with E-state index in [2.05, 4.69) is 49.8 Å². The number of pyridine rings is 1. The van der Waals surface area contributed by atoms with Crippen LogP contribution in [0.1, 0.15) is 36.9 Å². The van der Waals surface area contributed by atoms with Crippen molar-refractivity contribution < 1.29 is 17.9 Å². The van der Waals surface area contributed by atoms with Crippen LogP contribution in [0.5, 0.6) is 5.88 Å². The molecule has 1 saturated heterocycles. The summed E-state index contributed by atoms with van der Waals surface area (Å²) in [6.07, 6.45) is -0.578. The number of aromatic nitrogens is 1. The topological polar surface area (TPSA) is 61.8 Å². The lowest BCUT2D eigenvalue weighted by Crippen LogP contribution is -2.38. The predicted molar refractivity (Wildman–Crippen MR) is 131 cm³/mol. The van der Waals surface area contributed by atoms with Crippen molar-refractivity contribution in [3.8, 4) is 5.88 Å². The molecule has 1 unspecified atom stereocenters. The van der Waals surface area contributed by atoms with Crippen molar-refractivity contribution in [3.63, 3.8) is 0 Å². The molecule has 2 heterocycles. The zero-order valence-electron chi connectivity index (χ0n) is 18.2. The molecule has 0 spiro atoms. The molecule has 1 fully saturated rings. The molecule has 1 aromatic carbocycles. The van der Waals surface area contributed by atoms with Gasteiger partial charge in [-0.05, 0) is 43.5 Å². The minimum Gasteiger partial charge on any atom is -0.468 e. The van der Waals surface area contributed by atoms with Crippen molar-refractivity contribution in [1.82, 2.24) is 15.6 Å². The van der Waals surface area contributed by atoms with E-state index in [4.69, 9.17) is 4.74 Å². The van der Waals surface area contributed by atoms with Crippen LogP contribution in [0.4, 0.5) is 18.9 Å². The number of nitrogens with one attached hydrogen (secondary N) is 2. The normalized spacial score (nSPS) is 15.2. The Balaban J connectivity index is 0.00000363. The zero-order chi connectivity index (χ0) is 22.3. The number of benzene rings is 1. The zero-order valence-corrected chi connectivity index (χ0v) is 20.5. The van der Waals surface area contributed by atoms with Crippen molar-refractivity contribution >= 4 is 35.6 Å².